The van der Waals surface area contributed by atoms with Crippen molar-refractivity contribution >= 4 is 10.0 Å². The molecule has 0 fully saturated rings. The van der Waals surface area contributed by atoms with E-state index in [-0.39, 0.29) is 18.0 Å². The third-order valence-electron chi connectivity index (χ3n) is 2.80. The average molecular weight is 309 g/mol. The second-order valence-electron chi connectivity index (χ2n) is 4.45. The van der Waals surface area contributed by atoms with Gasteiger partial charge in [-0.05, 0) is 25.2 Å². The van der Waals surface area contributed by atoms with Crippen LogP contribution in [0.5, 0.6) is 5.75 Å². The Labute approximate surface area is 124 Å². The maximum Gasteiger partial charge on any atom is 0.242 e. The maximum absolute atomic E-state index is 12.1. The van der Waals surface area contributed by atoms with Gasteiger partial charge in [-0.25, -0.2) is 13.1 Å². The molecule has 1 aromatic heterocycles. The van der Waals surface area contributed by atoms with Gasteiger partial charge in [-0.1, -0.05) is 18.2 Å². The highest BCUT2D eigenvalue weighted by molar-refractivity contribution is 7.89. The molecule has 1 aromatic carbocycles. The fourth-order valence-corrected chi connectivity index (χ4v) is 2.84. The molecule has 0 aliphatic rings. The molecule has 2 rings (SSSR count). The Kier molecular flexibility index (Phi) is 5.38. The van der Waals surface area contributed by atoms with Crippen LogP contribution in [0.4, 0.5) is 0 Å². The fraction of sp³-hybridized carbons (Fsp3) is 0.286. The van der Waals surface area contributed by atoms with Gasteiger partial charge in [-0.15, -0.1) is 0 Å². The van der Waals surface area contributed by atoms with Gasteiger partial charge >= 0.3 is 0 Å². The predicted octanol–water partition coefficient (Wildman–Crippen LogP) is 1.09. The lowest BCUT2D eigenvalue weighted by Crippen LogP contribution is -2.28. The van der Waals surface area contributed by atoms with Crippen molar-refractivity contribution in [3.63, 3.8) is 0 Å². The van der Waals surface area contributed by atoms with Crippen molar-refractivity contribution in [2.24, 2.45) is 0 Å². The second-order valence-corrected chi connectivity index (χ2v) is 6.22. The Hall–Kier alpha value is -1.83. The third-order valence-corrected chi connectivity index (χ3v) is 4.24. The first-order chi connectivity index (χ1) is 10.1. The summed E-state index contributed by atoms with van der Waals surface area (Å²) >= 11 is 0. The molecular weight excluding hydrogens is 290 g/mol. The Morgan fingerprint density at radius 3 is 2.71 bits per heavy atom. The summed E-state index contributed by atoms with van der Waals surface area (Å²) < 4.78 is 32.1. The highest BCUT2D eigenvalue weighted by Gasteiger charge is 2.15. The van der Waals surface area contributed by atoms with Crippen LogP contribution in [0.1, 0.15) is 5.69 Å². The van der Waals surface area contributed by atoms with Gasteiger partial charge in [-0.2, -0.15) is 0 Å². The molecule has 0 bridgehead atoms. The van der Waals surface area contributed by atoms with E-state index in [0.29, 0.717) is 6.54 Å². The van der Waals surface area contributed by atoms with Crippen molar-refractivity contribution in [2.75, 3.05) is 20.2 Å². The minimum Gasteiger partial charge on any atom is -0.492 e. The molecular formula is C14H19N3O3S. The molecule has 0 saturated heterocycles. The lowest BCUT2D eigenvalue weighted by molar-refractivity contribution is 0.323. The number of nitrogens with one attached hydrogen (secondary N) is 3. The number of ether oxygens (including phenoxy) is 1. The third kappa shape index (κ3) is 4.59. The van der Waals surface area contributed by atoms with Crippen LogP contribution in [-0.4, -0.2) is 33.6 Å². The summed E-state index contributed by atoms with van der Waals surface area (Å²) in [5.74, 6) is 0.717. The first-order valence-electron chi connectivity index (χ1n) is 6.61. The number of hydrogen-bond donors (Lipinski definition) is 3. The zero-order valence-electron chi connectivity index (χ0n) is 11.8. The molecule has 21 heavy (non-hydrogen) atoms. The van der Waals surface area contributed by atoms with E-state index in [1.165, 1.54) is 6.20 Å². The summed E-state index contributed by atoms with van der Waals surface area (Å²) in [7, 11) is -1.70. The number of aromatic nitrogens is 1. The van der Waals surface area contributed by atoms with Gasteiger partial charge in [0.05, 0.1) is 4.90 Å². The number of rotatable bonds is 8. The van der Waals surface area contributed by atoms with Crippen LogP contribution in [0, 0.1) is 0 Å². The molecule has 0 spiro atoms. The normalized spacial score (nSPS) is 11.5. The number of aromatic amines is 1. The van der Waals surface area contributed by atoms with Crippen LogP contribution in [0.3, 0.4) is 0 Å². The number of sulfonamides is 1. The van der Waals surface area contributed by atoms with E-state index in [1.807, 2.05) is 30.3 Å². The van der Waals surface area contributed by atoms with Crippen LogP contribution in [0.15, 0.2) is 47.5 Å². The van der Waals surface area contributed by atoms with Crippen LogP contribution in [0.2, 0.25) is 0 Å². The summed E-state index contributed by atoms with van der Waals surface area (Å²) in [5.41, 5.74) is 0.818. The zero-order chi connectivity index (χ0) is 15.1. The first kappa shape index (κ1) is 15.6. The average Bonchev–Trinajstić information content (AvgIpc) is 2.95. The second kappa shape index (κ2) is 7.26. The van der Waals surface area contributed by atoms with Gasteiger partial charge in [0.15, 0.2) is 0 Å². The molecule has 3 N–H and O–H groups in total. The monoisotopic (exact) mass is 309 g/mol. The summed E-state index contributed by atoms with van der Waals surface area (Å²) in [6, 6.07) is 10.9. The minimum absolute atomic E-state index is 0.212. The van der Waals surface area contributed by atoms with E-state index in [9.17, 15) is 8.42 Å². The van der Waals surface area contributed by atoms with Gasteiger partial charge in [0, 0.05) is 25.0 Å². The number of benzene rings is 1. The molecule has 7 heteroatoms. The smallest absolute Gasteiger partial charge is 0.242 e. The quantitative estimate of drug-likeness (QED) is 0.638. The van der Waals surface area contributed by atoms with Crippen LogP contribution in [0.25, 0.3) is 0 Å². The van der Waals surface area contributed by atoms with Gasteiger partial charge in [0.1, 0.15) is 12.4 Å². The molecule has 0 atom stereocenters. The molecule has 0 amide bonds. The number of hydrogen-bond acceptors (Lipinski definition) is 4. The minimum atomic E-state index is -3.50. The van der Waals surface area contributed by atoms with Gasteiger partial charge < -0.3 is 15.0 Å². The van der Waals surface area contributed by atoms with Gasteiger partial charge in [0.2, 0.25) is 10.0 Å². The first-order valence-corrected chi connectivity index (χ1v) is 8.09. The van der Waals surface area contributed by atoms with Gasteiger partial charge in [0.25, 0.3) is 0 Å². The van der Waals surface area contributed by atoms with Crippen molar-refractivity contribution in [1.82, 2.24) is 15.0 Å². The largest absolute Gasteiger partial charge is 0.492 e. The summed E-state index contributed by atoms with van der Waals surface area (Å²) in [5, 5.41) is 2.95. The zero-order valence-corrected chi connectivity index (χ0v) is 12.6. The molecule has 6 nitrogen and oxygen atoms in total. The topological polar surface area (TPSA) is 83.2 Å². The molecule has 1 heterocycles. The van der Waals surface area contributed by atoms with Crippen molar-refractivity contribution in [3.05, 3.63) is 48.3 Å². The fourth-order valence-electron chi connectivity index (χ4n) is 1.81. The lowest BCUT2D eigenvalue weighted by Gasteiger charge is -2.07. The lowest BCUT2D eigenvalue weighted by atomic mass is 10.3. The van der Waals surface area contributed by atoms with Crippen molar-refractivity contribution in [2.45, 2.75) is 11.4 Å². The molecule has 114 valence electrons. The van der Waals surface area contributed by atoms with E-state index in [1.54, 1.807) is 13.1 Å². The van der Waals surface area contributed by atoms with E-state index in [2.05, 4.69) is 15.0 Å². The highest BCUT2D eigenvalue weighted by atomic mass is 32.2. The van der Waals surface area contributed by atoms with Crippen LogP contribution in [-0.2, 0) is 16.6 Å². The molecule has 0 radical (unpaired) electrons. The highest BCUT2D eigenvalue weighted by Crippen LogP contribution is 2.11. The molecule has 0 aliphatic carbocycles. The number of para-hydroxylation sites is 1. The Bertz CT molecular complexity index is 653. The van der Waals surface area contributed by atoms with E-state index >= 15 is 0 Å². The molecule has 0 saturated carbocycles. The van der Waals surface area contributed by atoms with Crippen LogP contribution < -0.4 is 14.8 Å². The molecule has 0 unspecified atom stereocenters. The Morgan fingerprint density at radius 1 is 1.24 bits per heavy atom. The Morgan fingerprint density at radius 2 is 2.00 bits per heavy atom. The standard InChI is InChI=1S/C14H19N3O3S/c1-15-10-12-9-14(11-16-12)21(18,19)17-7-8-20-13-5-3-2-4-6-13/h2-6,9,11,15-17H,7-8,10H2,1H3. The molecule has 2 aromatic rings. The van der Waals surface area contributed by atoms with Crippen LogP contribution >= 0.6 is 0 Å². The predicted molar refractivity (Wildman–Crippen MR) is 80.7 cm³/mol. The van der Waals surface area contributed by atoms with Gasteiger partial charge in [-0.3, -0.25) is 0 Å². The maximum atomic E-state index is 12.1. The Balaban J connectivity index is 1.83. The van der Waals surface area contributed by atoms with Crippen molar-refractivity contribution < 1.29 is 13.2 Å². The van der Waals surface area contributed by atoms with E-state index in [4.69, 9.17) is 4.74 Å². The van der Waals surface area contributed by atoms with Crippen molar-refractivity contribution in [3.8, 4) is 5.75 Å². The van der Waals surface area contributed by atoms with Crippen molar-refractivity contribution in [1.29, 1.82) is 0 Å². The summed E-state index contributed by atoms with van der Waals surface area (Å²) in [6.45, 7) is 1.08. The molecule has 0 aliphatic heterocycles. The number of H-pyrrole nitrogens is 1. The summed E-state index contributed by atoms with van der Waals surface area (Å²) in [6.07, 6.45) is 1.48. The summed E-state index contributed by atoms with van der Waals surface area (Å²) in [4.78, 5) is 3.15. The van der Waals surface area contributed by atoms with E-state index in [0.717, 1.165) is 11.4 Å². The SMILES string of the molecule is CNCc1cc(S(=O)(=O)NCCOc2ccccc2)c[nH]1. The van der Waals surface area contributed by atoms with E-state index < -0.39 is 10.0 Å².